The molecule has 20 heavy (non-hydrogen) atoms. The molecule has 9 heteroatoms. The fraction of sp³-hybridized carbons (Fsp3) is 0.0909. The molecule has 3 rings (SSSR count). The lowest BCUT2D eigenvalue weighted by atomic mass is 10.3. The number of aromatic nitrogens is 4. The fourth-order valence-electron chi connectivity index (χ4n) is 1.90. The van der Waals surface area contributed by atoms with E-state index in [4.69, 9.17) is 11.6 Å². The predicted octanol–water partition coefficient (Wildman–Crippen LogP) is 1.75. The molecule has 0 fully saturated rings. The topological polar surface area (TPSA) is 92.7 Å². The lowest BCUT2D eigenvalue weighted by Gasteiger charge is -2.08. The fourth-order valence-corrected chi connectivity index (χ4v) is 3.59. The minimum absolute atomic E-state index is 0.0654. The number of rotatable bonds is 3. The number of pyridine rings is 1. The van der Waals surface area contributed by atoms with Gasteiger partial charge in [-0.3, -0.25) is 9.40 Å². The quantitative estimate of drug-likeness (QED) is 0.770. The summed E-state index contributed by atoms with van der Waals surface area (Å²) >= 11 is 5.85. The van der Waals surface area contributed by atoms with Crippen LogP contribution in [0.4, 0.5) is 5.69 Å². The standard InChI is InChI=1S/C11H10ClN5O2S/c1-17-11(9(12)6-15-17)20(18,19)16-8-4-7-2-3-13-10(7)14-5-8/h2-6,16H,1H3,(H,13,14). The predicted molar refractivity (Wildman–Crippen MR) is 75.1 cm³/mol. The maximum atomic E-state index is 12.3. The zero-order valence-corrected chi connectivity index (χ0v) is 11.9. The lowest BCUT2D eigenvalue weighted by molar-refractivity contribution is 0.582. The number of fused-ring (bicyclic) bond motifs is 1. The van der Waals surface area contributed by atoms with E-state index in [-0.39, 0.29) is 10.0 Å². The van der Waals surface area contributed by atoms with Crippen LogP contribution in [0.2, 0.25) is 5.02 Å². The van der Waals surface area contributed by atoms with Crippen molar-refractivity contribution in [2.75, 3.05) is 4.72 Å². The second kappa shape index (κ2) is 4.50. The first kappa shape index (κ1) is 12.9. The van der Waals surface area contributed by atoms with Crippen LogP contribution in [-0.2, 0) is 17.1 Å². The molecule has 0 unspecified atom stereocenters. The van der Waals surface area contributed by atoms with Gasteiger partial charge in [0.05, 0.1) is 23.1 Å². The summed E-state index contributed by atoms with van der Waals surface area (Å²) in [7, 11) is -2.31. The Morgan fingerprint density at radius 3 is 2.90 bits per heavy atom. The van der Waals surface area contributed by atoms with Crippen molar-refractivity contribution in [3.05, 3.63) is 35.7 Å². The van der Waals surface area contributed by atoms with Gasteiger partial charge in [-0.1, -0.05) is 11.6 Å². The van der Waals surface area contributed by atoms with Crippen molar-refractivity contribution < 1.29 is 8.42 Å². The first-order chi connectivity index (χ1) is 9.47. The van der Waals surface area contributed by atoms with Gasteiger partial charge in [0.15, 0.2) is 5.03 Å². The molecule has 0 spiro atoms. The molecular formula is C11H10ClN5O2S. The second-order valence-electron chi connectivity index (χ2n) is 4.17. The molecule has 0 saturated carbocycles. The first-order valence-electron chi connectivity index (χ1n) is 5.61. The summed E-state index contributed by atoms with van der Waals surface area (Å²) in [6.45, 7) is 0. The molecule has 0 atom stereocenters. The van der Waals surface area contributed by atoms with Gasteiger partial charge in [-0.2, -0.15) is 13.5 Å². The molecule has 0 radical (unpaired) electrons. The Bertz CT molecular complexity index is 864. The van der Waals surface area contributed by atoms with Crippen molar-refractivity contribution >= 4 is 38.3 Å². The third kappa shape index (κ3) is 2.12. The number of anilines is 1. The van der Waals surface area contributed by atoms with E-state index in [9.17, 15) is 8.42 Å². The highest BCUT2D eigenvalue weighted by Crippen LogP contribution is 2.23. The molecule has 3 aromatic heterocycles. The van der Waals surface area contributed by atoms with Crippen molar-refractivity contribution in [2.24, 2.45) is 7.05 Å². The van der Waals surface area contributed by atoms with Gasteiger partial charge in [-0.15, -0.1) is 0 Å². The van der Waals surface area contributed by atoms with E-state index in [1.807, 2.05) is 0 Å². The van der Waals surface area contributed by atoms with Crippen molar-refractivity contribution in [1.82, 2.24) is 19.7 Å². The molecule has 0 aliphatic carbocycles. The molecule has 0 aliphatic heterocycles. The maximum Gasteiger partial charge on any atom is 0.280 e. The zero-order valence-electron chi connectivity index (χ0n) is 10.3. The first-order valence-corrected chi connectivity index (χ1v) is 7.47. The van der Waals surface area contributed by atoms with Gasteiger partial charge in [-0.05, 0) is 12.1 Å². The highest BCUT2D eigenvalue weighted by atomic mass is 35.5. The molecule has 3 aromatic rings. The molecular weight excluding hydrogens is 302 g/mol. The number of halogens is 1. The third-order valence-corrected chi connectivity index (χ3v) is 4.64. The van der Waals surface area contributed by atoms with E-state index < -0.39 is 10.0 Å². The summed E-state index contributed by atoms with van der Waals surface area (Å²) in [5.74, 6) is 0. The molecule has 0 saturated heterocycles. The van der Waals surface area contributed by atoms with Gasteiger partial charge in [0.2, 0.25) is 0 Å². The SMILES string of the molecule is Cn1ncc(Cl)c1S(=O)(=O)Nc1cnc2[nH]ccc2c1. The summed E-state index contributed by atoms with van der Waals surface area (Å²) in [5, 5.41) is 4.59. The number of H-pyrrole nitrogens is 1. The van der Waals surface area contributed by atoms with Crippen LogP contribution in [0.3, 0.4) is 0 Å². The summed E-state index contributed by atoms with van der Waals surface area (Å²) < 4.78 is 28.2. The minimum Gasteiger partial charge on any atom is -0.346 e. The Hall–Kier alpha value is -2.06. The van der Waals surface area contributed by atoms with Crippen molar-refractivity contribution in [2.45, 2.75) is 5.03 Å². The summed E-state index contributed by atoms with van der Waals surface area (Å²) in [5.41, 5.74) is 1.04. The number of hydrogen-bond acceptors (Lipinski definition) is 4. The van der Waals surface area contributed by atoms with Crippen molar-refractivity contribution in [3.63, 3.8) is 0 Å². The van der Waals surface area contributed by atoms with Gasteiger partial charge in [0.1, 0.15) is 5.65 Å². The van der Waals surface area contributed by atoms with E-state index in [0.717, 1.165) is 5.39 Å². The number of nitrogens with one attached hydrogen (secondary N) is 2. The maximum absolute atomic E-state index is 12.3. The van der Waals surface area contributed by atoms with E-state index in [2.05, 4.69) is 19.8 Å². The summed E-state index contributed by atoms with van der Waals surface area (Å²) in [6, 6.07) is 3.48. The average molecular weight is 312 g/mol. The van der Waals surface area contributed by atoms with Crippen LogP contribution in [0.1, 0.15) is 0 Å². The van der Waals surface area contributed by atoms with Gasteiger partial charge < -0.3 is 4.98 Å². The monoisotopic (exact) mass is 311 g/mol. The molecule has 0 amide bonds. The Morgan fingerprint density at radius 2 is 2.20 bits per heavy atom. The van der Waals surface area contributed by atoms with Crippen LogP contribution in [0, 0.1) is 0 Å². The van der Waals surface area contributed by atoms with E-state index in [1.165, 1.54) is 24.1 Å². The largest absolute Gasteiger partial charge is 0.346 e. The number of aromatic amines is 1. The molecule has 104 valence electrons. The Balaban J connectivity index is 2.01. The minimum atomic E-state index is -3.81. The molecule has 7 nitrogen and oxygen atoms in total. The van der Waals surface area contributed by atoms with Gasteiger partial charge in [-0.25, -0.2) is 4.98 Å². The van der Waals surface area contributed by atoms with Crippen LogP contribution < -0.4 is 4.72 Å². The van der Waals surface area contributed by atoms with Crippen LogP contribution in [-0.4, -0.2) is 28.2 Å². The molecule has 0 aliphatic rings. The Kier molecular flexibility index (Phi) is 2.91. The van der Waals surface area contributed by atoms with Gasteiger partial charge in [0, 0.05) is 18.6 Å². The number of sulfonamides is 1. The van der Waals surface area contributed by atoms with Crippen LogP contribution >= 0.6 is 11.6 Å². The normalized spacial score (nSPS) is 11.9. The zero-order chi connectivity index (χ0) is 14.3. The highest BCUT2D eigenvalue weighted by molar-refractivity contribution is 7.92. The molecule has 2 N–H and O–H groups in total. The summed E-state index contributed by atoms with van der Waals surface area (Å²) in [4.78, 5) is 7.05. The molecule has 0 aromatic carbocycles. The Morgan fingerprint density at radius 1 is 1.40 bits per heavy atom. The van der Waals surface area contributed by atoms with Crippen LogP contribution in [0.5, 0.6) is 0 Å². The molecule has 3 heterocycles. The highest BCUT2D eigenvalue weighted by Gasteiger charge is 2.23. The van der Waals surface area contributed by atoms with E-state index in [1.54, 1.807) is 18.3 Å². The number of hydrogen-bond donors (Lipinski definition) is 2. The number of aryl methyl sites for hydroxylation is 1. The van der Waals surface area contributed by atoms with E-state index >= 15 is 0 Å². The second-order valence-corrected chi connectivity index (χ2v) is 6.17. The van der Waals surface area contributed by atoms with Crippen LogP contribution in [0.25, 0.3) is 11.0 Å². The van der Waals surface area contributed by atoms with Crippen molar-refractivity contribution in [1.29, 1.82) is 0 Å². The Labute approximate surface area is 119 Å². The average Bonchev–Trinajstić information content (AvgIpc) is 2.95. The lowest BCUT2D eigenvalue weighted by Crippen LogP contribution is -2.17. The van der Waals surface area contributed by atoms with Crippen LogP contribution in [0.15, 0.2) is 35.7 Å². The van der Waals surface area contributed by atoms with Gasteiger partial charge in [0.25, 0.3) is 10.0 Å². The van der Waals surface area contributed by atoms with Gasteiger partial charge >= 0.3 is 0 Å². The smallest absolute Gasteiger partial charge is 0.280 e. The summed E-state index contributed by atoms with van der Waals surface area (Å²) in [6.07, 6.45) is 4.44. The third-order valence-electron chi connectivity index (χ3n) is 2.75. The van der Waals surface area contributed by atoms with E-state index in [0.29, 0.717) is 11.3 Å². The molecule has 0 bridgehead atoms. The number of nitrogens with zero attached hydrogens (tertiary/aromatic N) is 3. The van der Waals surface area contributed by atoms with Crippen molar-refractivity contribution in [3.8, 4) is 0 Å².